The lowest BCUT2D eigenvalue weighted by Gasteiger charge is -2.29. The van der Waals surface area contributed by atoms with Crippen molar-refractivity contribution < 1.29 is 13.2 Å². The van der Waals surface area contributed by atoms with Gasteiger partial charge in [-0.1, -0.05) is 13.8 Å². The summed E-state index contributed by atoms with van der Waals surface area (Å²) in [6.45, 7) is 4.72. The van der Waals surface area contributed by atoms with Crippen molar-refractivity contribution in [1.29, 1.82) is 0 Å². The van der Waals surface area contributed by atoms with Gasteiger partial charge in [-0.15, -0.1) is 22.9 Å². The van der Waals surface area contributed by atoms with Gasteiger partial charge in [0.15, 0.2) is 0 Å². The number of halogens is 2. The molecule has 1 aromatic heterocycles. The van der Waals surface area contributed by atoms with Crippen LogP contribution in [0.1, 0.15) is 31.6 Å². The monoisotopic (exact) mass is 417 g/mol. The fourth-order valence-electron chi connectivity index (χ4n) is 2.14. The van der Waals surface area contributed by atoms with Crippen LogP contribution in [0.15, 0.2) is 14.7 Å². The zero-order valence-corrected chi connectivity index (χ0v) is 16.4. The molecule has 1 heterocycles. The fourth-order valence-corrected chi connectivity index (χ4v) is 6.62. The van der Waals surface area contributed by atoms with Gasteiger partial charge < -0.3 is 4.74 Å². The van der Waals surface area contributed by atoms with E-state index < -0.39 is 10.0 Å². The summed E-state index contributed by atoms with van der Waals surface area (Å²) in [6, 6.07) is 1.62. The van der Waals surface area contributed by atoms with Gasteiger partial charge in [0.05, 0.1) is 16.3 Å². The molecule has 0 aliphatic carbocycles. The van der Waals surface area contributed by atoms with Crippen molar-refractivity contribution in [2.45, 2.75) is 43.5 Å². The molecule has 0 radical (unpaired) electrons. The normalized spacial score (nSPS) is 12.5. The first-order valence-corrected chi connectivity index (χ1v) is 10.4. The van der Waals surface area contributed by atoms with Crippen molar-refractivity contribution in [2.75, 3.05) is 20.3 Å². The van der Waals surface area contributed by atoms with Gasteiger partial charge in [-0.3, -0.25) is 0 Å². The van der Waals surface area contributed by atoms with Crippen LogP contribution in [0.4, 0.5) is 0 Å². The SMILES string of the molecule is CCC(CC)N(CCOC)S(=O)(=O)c1cc(CCl)sc1Br. The Morgan fingerprint density at radius 1 is 1.43 bits per heavy atom. The standard InChI is InChI=1S/C13H21BrClNO3S2/c1-4-10(5-2)16(6-7-19-3)21(17,18)12-8-11(9-15)20-13(12)14/h8,10H,4-7,9H2,1-3H3. The largest absolute Gasteiger partial charge is 0.383 e. The third-order valence-corrected chi connectivity index (χ3v) is 7.94. The molecule has 0 aliphatic rings. The number of methoxy groups -OCH3 is 1. The van der Waals surface area contributed by atoms with Gasteiger partial charge in [0.25, 0.3) is 0 Å². The number of ether oxygens (including phenoxy) is 1. The third kappa shape index (κ3) is 4.65. The van der Waals surface area contributed by atoms with E-state index in [2.05, 4.69) is 15.9 Å². The second-order valence-corrected chi connectivity index (χ2v) is 9.14. The predicted molar refractivity (Wildman–Crippen MR) is 91.7 cm³/mol. The summed E-state index contributed by atoms with van der Waals surface area (Å²) in [7, 11) is -1.99. The Morgan fingerprint density at radius 3 is 2.48 bits per heavy atom. The summed E-state index contributed by atoms with van der Waals surface area (Å²) < 4.78 is 33.1. The molecule has 0 unspecified atom stereocenters. The molecule has 1 rings (SSSR count). The van der Waals surface area contributed by atoms with Crippen LogP contribution in [0.5, 0.6) is 0 Å². The van der Waals surface area contributed by atoms with Crippen LogP contribution in [-0.4, -0.2) is 39.0 Å². The zero-order chi connectivity index (χ0) is 16.0. The minimum atomic E-state index is -3.56. The topological polar surface area (TPSA) is 46.6 Å². The smallest absolute Gasteiger partial charge is 0.245 e. The van der Waals surface area contributed by atoms with Crippen LogP contribution in [0.25, 0.3) is 0 Å². The van der Waals surface area contributed by atoms with E-state index in [9.17, 15) is 8.42 Å². The molecule has 1 aromatic rings. The quantitative estimate of drug-likeness (QED) is 0.568. The molecular weight excluding hydrogens is 398 g/mol. The van der Waals surface area contributed by atoms with Crippen molar-refractivity contribution in [3.05, 3.63) is 14.7 Å². The number of alkyl halides is 1. The number of hydrogen-bond donors (Lipinski definition) is 0. The lowest BCUT2D eigenvalue weighted by molar-refractivity contribution is 0.163. The van der Waals surface area contributed by atoms with Gasteiger partial charge in [-0.2, -0.15) is 4.31 Å². The number of sulfonamides is 1. The van der Waals surface area contributed by atoms with E-state index in [1.807, 2.05) is 13.8 Å². The molecule has 0 amide bonds. The lowest BCUT2D eigenvalue weighted by atomic mass is 10.2. The average molecular weight is 419 g/mol. The van der Waals surface area contributed by atoms with Gasteiger partial charge >= 0.3 is 0 Å². The summed E-state index contributed by atoms with van der Waals surface area (Å²) in [5.41, 5.74) is 0. The third-order valence-electron chi connectivity index (χ3n) is 3.29. The summed E-state index contributed by atoms with van der Waals surface area (Å²) >= 11 is 10.5. The molecule has 0 spiro atoms. The maximum atomic E-state index is 13.0. The Balaban J connectivity index is 3.21. The van der Waals surface area contributed by atoms with Crippen LogP contribution in [0.3, 0.4) is 0 Å². The molecule has 0 N–H and O–H groups in total. The molecule has 0 saturated carbocycles. The van der Waals surface area contributed by atoms with E-state index >= 15 is 0 Å². The predicted octanol–water partition coefficient (Wildman–Crippen LogP) is 4.08. The number of rotatable bonds is 9. The molecule has 21 heavy (non-hydrogen) atoms. The van der Waals surface area contributed by atoms with E-state index in [0.29, 0.717) is 27.7 Å². The van der Waals surface area contributed by atoms with Gasteiger partial charge in [0.1, 0.15) is 4.90 Å². The summed E-state index contributed by atoms with van der Waals surface area (Å²) in [5, 5.41) is 0. The van der Waals surface area contributed by atoms with Gasteiger partial charge in [0, 0.05) is 24.6 Å². The first-order chi connectivity index (χ1) is 9.92. The highest BCUT2D eigenvalue weighted by Crippen LogP contribution is 2.35. The molecule has 8 heteroatoms. The zero-order valence-electron chi connectivity index (χ0n) is 12.4. The Morgan fingerprint density at radius 2 is 2.05 bits per heavy atom. The second-order valence-electron chi connectivity index (χ2n) is 4.56. The maximum absolute atomic E-state index is 13.0. The van der Waals surface area contributed by atoms with Crippen molar-refractivity contribution in [2.24, 2.45) is 0 Å². The van der Waals surface area contributed by atoms with Gasteiger partial charge in [0.2, 0.25) is 10.0 Å². The lowest BCUT2D eigenvalue weighted by Crippen LogP contribution is -2.41. The summed E-state index contributed by atoms with van der Waals surface area (Å²) in [4.78, 5) is 1.13. The Labute approximate surface area is 144 Å². The summed E-state index contributed by atoms with van der Waals surface area (Å²) in [6.07, 6.45) is 1.53. The Bertz CT molecular complexity index is 544. The summed E-state index contributed by atoms with van der Waals surface area (Å²) in [5.74, 6) is 0.307. The van der Waals surface area contributed by atoms with Crippen LogP contribution >= 0.6 is 38.9 Å². The van der Waals surface area contributed by atoms with Crippen molar-refractivity contribution in [3.8, 4) is 0 Å². The molecule has 0 fully saturated rings. The fraction of sp³-hybridized carbons (Fsp3) is 0.692. The van der Waals surface area contributed by atoms with Crippen molar-refractivity contribution in [1.82, 2.24) is 4.31 Å². The van der Waals surface area contributed by atoms with E-state index in [4.69, 9.17) is 16.3 Å². The molecule has 0 aromatic carbocycles. The molecular formula is C13H21BrClNO3S2. The molecule has 0 bridgehead atoms. The van der Waals surface area contributed by atoms with E-state index in [1.54, 1.807) is 17.5 Å². The first-order valence-electron chi connectivity index (χ1n) is 6.77. The number of nitrogens with zero attached hydrogens (tertiary/aromatic N) is 1. The number of hydrogen-bond acceptors (Lipinski definition) is 4. The maximum Gasteiger partial charge on any atom is 0.245 e. The minimum absolute atomic E-state index is 0.0311. The Kier molecular flexibility index (Phi) is 8.16. The molecule has 0 atom stereocenters. The van der Waals surface area contributed by atoms with E-state index in [0.717, 1.165) is 17.7 Å². The second kappa shape index (κ2) is 8.84. The van der Waals surface area contributed by atoms with Crippen LogP contribution < -0.4 is 0 Å². The van der Waals surface area contributed by atoms with Crippen molar-refractivity contribution >= 4 is 48.9 Å². The molecule has 4 nitrogen and oxygen atoms in total. The van der Waals surface area contributed by atoms with Crippen molar-refractivity contribution in [3.63, 3.8) is 0 Å². The van der Waals surface area contributed by atoms with Crippen LogP contribution in [-0.2, 0) is 20.6 Å². The Hall–Kier alpha value is 0.340. The number of thiophene rings is 1. The minimum Gasteiger partial charge on any atom is -0.383 e. The highest BCUT2D eigenvalue weighted by atomic mass is 79.9. The average Bonchev–Trinajstić information content (AvgIpc) is 2.85. The first kappa shape index (κ1) is 19.4. The van der Waals surface area contributed by atoms with E-state index in [1.165, 1.54) is 11.3 Å². The van der Waals surface area contributed by atoms with Gasteiger partial charge in [-0.05, 0) is 34.8 Å². The highest BCUT2D eigenvalue weighted by molar-refractivity contribution is 9.11. The van der Waals surface area contributed by atoms with Crippen LogP contribution in [0.2, 0.25) is 0 Å². The molecule has 0 aliphatic heterocycles. The van der Waals surface area contributed by atoms with Gasteiger partial charge in [-0.25, -0.2) is 8.42 Å². The van der Waals surface area contributed by atoms with Crippen LogP contribution in [0, 0.1) is 0 Å². The molecule has 122 valence electrons. The molecule has 0 saturated heterocycles. The highest BCUT2D eigenvalue weighted by Gasteiger charge is 2.32. The van der Waals surface area contributed by atoms with E-state index in [-0.39, 0.29) is 6.04 Å².